The van der Waals surface area contributed by atoms with Crippen LogP contribution < -0.4 is 5.32 Å². The van der Waals surface area contributed by atoms with E-state index in [0.717, 1.165) is 17.0 Å². The Bertz CT molecular complexity index is 570. The summed E-state index contributed by atoms with van der Waals surface area (Å²) in [5, 5.41) is 7.99. The molecule has 0 aromatic carbocycles. The topological polar surface area (TPSA) is 42.2 Å². The number of rotatable bonds is 2. The average molecular weight is 244 g/mol. The summed E-state index contributed by atoms with van der Waals surface area (Å²) in [4.78, 5) is 4.46. The standard InChI is InChI=1S/C14H20N4/c1-10-8-12-13(15-6-7-18(12)17-10)16-11-4-5-14(2,3)9-11/h6-8,11H,4-5,9H2,1-3H3,(H,15,16). The van der Waals surface area contributed by atoms with Crippen LogP contribution in [0.2, 0.25) is 0 Å². The highest BCUT2D eigenvalue weighted by molar-refractivity contribution is 5.68. The fraction of sp³-hybridized carbons (Fsp3) is 0.571. The van der Waals surface area contributed by atoms with Crippen molar-refractivity contribution in [3.05, 3.63) is 24.2 Å². The van der Waals surface area contributed by atoms with Gasteiger partial charge in [0.1, 0.15) is 5.52 Å². The molecule has 96 valence electrons. The van der Waals surface area contributed by atoms with Gasteiger partial charge in [-0.05, 0) is 37.7 Å². The summed E-state index contributed by atoms with van der Waals surface area (Å²) < 4.78 is 1.89. The van der Waals surface area contributed by atoms with E-state index in [0.29, 0.717) is 11.5 Å². The van der Waals surface area contributed by atoms with Gasteiger partial charge in [0.05, 0.1) is 5.69 Å². The first-order valence-corrected chi connectivity index (χ1v) is 6.61. The van der Waals surface area contributed by atoms with Crippen molar-refractivity contribution in [2.75, 3.05) is 5.32 Å². The molecule has 1 fully saturated rings. The number of nitrogens with one attached hydrogen (secondary N) is 1. The van der Waals surface area contributed by atoms with Crippen molar-refractivity contribution < 1.29 is 0 Å². The van der Waals surface area contributed by atoms with Crippen molar-refractivity contribution in [2.45, 2.75) is 46.1 Å². The third-order valence-corrected chi connectivity index (χ3v) is 3.82. The van der Waals surface area contributed by atoms with E-state index in [2.05, 4.69) is 35.3 Å². The number of aryl methyl sites for hydroxylation is 1. The highest BCUT2D eigenvalue weighted by Crippen LogP contribution is 2.38. The molecule has 1 N–H and O–H groups in total. The molecule has 2 aromatic rings. The maximum absolute atomic E-state index is 4.46. The molecule has 18 heavy (non-hydrogen) atoms. The summed E-state index contributed by atoms with van der Waals surface area (Å²) in [7, 11) is 0. The maximum Gasteiger partial charge on any atom is 0.152 e. The molecule has 3 rings (SSSR count). The molecule has 1 aliphatic carbocycles. The Morgan fingerprint density at radius 1 is 1.44 bits per heavy atom. The van der Waals surface area contributed by atoms with Crippen LogP contribution in [0.3, 0.4) is 0 Å². The number of anilines is 1. The lowest BCUT2D eigenvalue weighted by Crippen LogP contribution is -2.18. The monoisotopic (exact) mass is 244 g/mol. The van der Waals surface area contributed by atoms with Gasteiger partial charge in [-0.2, -0.15) is 5.10 Å². The molecule has 0 radical (unpaired) electrons. The van der Waals surface area contributed by atoms with Crippen LogP contribution in [0.25, 0.3) is 5.52 Å². The Morgan fingerprint density at radius 2 is 2.28 bits per heavy atom. The minimum absolute atomic E-state index is 0.457. The Labute approximate surface area is 107 Å². The Balaban J connectivity index is 1.87. The second-order valence-corrected chi connectivity index (χ2v) is 6.14. The normalized spacial score (nSPS) is 22.5. The maximum atomic E-state index is 4.46. The van der Waals surface area contributed by atoms with E-state index in [1.807, 2.05) is 23.8 Å². The van der Waals surface area contributed by atoms with Gasteiger partial charge in [-0.15, -0.1) is 0 Å². The van der Waals surface area contributed by atoms with E-state index in [1.165, 1.54) is 19.3 Å². The summed E-state index contributed by atoms with van der Waals surface area (Å²) in [5.41, 5.74) is 2.55. The molecular formula is C14H20N4. The van der Waals surface area contributed by atoms with E-state index in [4.69, 9.17) is 0 Å². The van der Waals surface area contributed by atoms with Crippen LogP contribution >= 0.6 is 0 Å². The minimum atomic E-state index is 0.457. The Hall–Kier alpha value is -1.58. The predicted molar refractivity (Wildman–Crippen MR) is 72.8 cm³/mol. The zero-order valence-corrected chi connectivity index (χ0v) is 11.3. The quantitative estimate of drug-likeness (QED) is 0.883. The van der Waals surface area contributed by atoms with Gasteiger partial charge in [0.15, 0.2) is 5.82 Å². The average Bonchev–Trinajstić information content (AvgIpc) is 2.81. The predicted octanol–water partition coefficient (Wildman–Crippen LogP) is 3.03. The van der Waals surface area contributed by atoms with Crippen LogP contribution in [-0.4, -0.2) is 20.6 Å². The van der Waals surface area contributed by atoms with Gasteiger partial charge >= 0.3 is 0 Å². The zero-order chi connectivity index (χ0) is 12.8. The lowest BCUT2D eigenvalue weighted by atomic mass is 9.92. The first-order valence-electron chi connectivity index (χ1n) is 6.61. The van der Waals surface area contributed by atoms with Crippen molar-refractivity contribution in [3.63, 3.8) is 0 Å². The van der Waals surface area contributed by atoms with Gasteiger partial charge < -0.3 is 5.32 Å². The molecule has 4 heteroatoms. The highest BCUT2D eigenvalue weighted by atomic mass is 15.2. The van der Waals surface area contributed by atoms with Crippen molar-refractivity contribution in [3.8, 4) is 0 Å². The summed E-state index contributed by atoms with van der Waals surface area (Å²) in [6, 6.07) is 2.61. The zero-order valence-electron chi connectivity index (χ0n) is 11.3. The van der Waals surface area contributed by atoms with E-state index in [1.54, 1.807) is 0 Å². The molecule has 1 aliphatic rings. The fourth-order valence-corrected chi connectivity index (χ4v) is 2.91. The summed E-state index contributed by atoms with van der Waals surface area (Å²) in [5.74, 6) is 0.959. The summed E-state index contributed by atoms with van der Waals surface area (Å²) >= 11 is 0. The molecule has 1 unspecified atom stereocenters. The third-order valence-electron chi connectivity index (χ3n) is 3.82. The number of hydrogen-bond acceptors (Lipinski definition) is 3. The van der Waals surface area contributed by atoms with Gasteiger partial charge in [0.2, 0.25) is 0 Å². The molecule has 0 spiro atoms. The molecule has 2 aromatic heterocycles. The van der Waals surface area contributed by atoms with E-state index < -0.39 is 0 Å². The van der Waals surface area contributed by atoms with Crippen molar-refractivity contribution >= 4 is 11.3 Å². The second-order valence-electron chi connectivity index (χ2n) is 6.14. The number of nitrogens with zero attached hydrogens (tertiary/aromatic N) is 3. The van der Waals surface area contributed by atoms with Gasteiger partial charge in [0.25, 0.3) is 0 Å². The first kappa shape index (κ1) is 11.5. The lowest BCUT2D eigenvalue weighted by molar-refractivity contribution is 0.378. The van der Waals surface area contributed by atoms with Crippen molar-refractivity contribution in [1.29, 1.82) is 0 Å². The summed E-state index contributed by atoms with van der Waals surface area (Å²) in [6.45, 7) is 6.69. The molecular weight excluding hydrogens is 224 g/mol. The number of fused-ring (bicyclic) bond motifs is 1. The van der Waals surface area contributed by atoms with Crippen molar-refractivity contribution in [1.82, 2.24) is 14.6 Å². The molecule has 0 bridgehead atoms. The molecule has 1 atom stereocenters. The van der Waals surface area contributed by atoms with Gasteiger partial charge in [-0.1, -0.05) is 13.8 Å². The lowest BCUT2D eigenvalue weighted by Gasteiger charge is -2.18. The second kappa shape index (κ2) is 3.97. The van der Waals surface area contributed by atoms with Crippen LogP contribution in [0.15, 0.2) is 18.5 Å². The van der Waals surface area contributed by atoms with Crippen LogP contribution in [0.5, 0.6) is 0 Å². The molecule has 2 heterocycles. The first-order chi connectivity index (χ1) is 8.53. The van der Waals surface area contributed by atoms with E-state index in [-0.39, 0.29) is 0 Å². The van der Waals surface area contributed by atoms with Gasteiger partial charge in [-0.3, -0.25) is 0 Å². The van der Waals surface area contributed by atoms with E-state index >= 15 is 0 Å². The fourth-order valence-electron chi connectivity index (χ4n) is 2.91. The molecule has 0 saturated heterocycles. The van der Waals surface area contributed by atoms with Crippen molar-refractivity contribution in [2.24, 2.45) is 5.41 Å². The van der Waals surface area contributed by atoms with Gasteiger partial charge in [0, 0.05) is 18.4 Å². The smallest absolute Gasteiger partial charge is 0.152 e. The number of aromatic nitrogens is 3. The van der Waals surface area contributed by atoms with Crippen LogP contribution in [0, 0.1) is 12.3 Å². The summed E-state index contributed by atoms with van der Waals surface area (Å²) in [6.07, 6.45) is 7.42. The van der Waals surface area contributed by atoms with Crippen LogP contribution in [-0.2, 0) is 0 Å². The molecule has 4 nitrogen and oxygen atoms in total. The van der Waals surface area contributed by atoms with E-state index in [9.17, 15) is 0 Å². The minimum Gasteiger partial charge on any atom is -0.366 e. The Kier molecular flexibility index (Phi) is 2.54. The van der Waals surface area contributed by atoms with Gasteiger partial charge in [-0.25, -0.2) is 9.50 Å². The largest absolute Gasteiger partial charge is 0.366 e. The molecule has 0 aliphatic heterocycles. The third kappa shape index (κ3) is 2.07. The Morgan fingerprint density at radius 3 is 3.00 bits per heavy atom. The SMILES string of the molecule is Cc1cc2c(NC3CCC(C)(C)C3)nccn2n1. The molecule has 1 saturated carbocycles. The highest BCUT2D eigenvalue weighted by Gasteiger charge is 2.31. The number of hydrogen-bond donors (Lipinski definition) is 1. The van der Waals surface area contributed by atoms with Crippen LogP contribution in [0.4, 0.5) is 5.82 Å². The molecule has 0 amide bonds. The van der Waals surface area contributed by atoms with Crippen LogP contribution in [0.1, 0.15) is 38.8 Å².